The van der Waals surface area contributed by atoms with Crippen molar-refractivity contribution in [2.24, 2.45) is 0 Å². The van der Waals surface area contributed by atoms with E-state index in [0.29, 0.717) is 13.0 Å². The molecule has 4 heteroatoms. The summed E-state index contributed by atoms with van der Waals surface area (Å²) in [7, 11) is 0. The molecular weight excluding hydrogens is 172 g/mol. The molecule has 0 aliphatic carbocycles. The van der Waals surface area contributed by atoms with E-state index < -0.39 is 11.7 Å². The summed E-state index contributed by atoms with van der Waals surface area (Å²) in [6.07, 6.45) is 0.430. The Balaban J connectivity index is 2.24. The number of aliphatic hydroxyl groups is 2. The molecule has 2 aliphatic heterocycles. The number of aliphatic hydroxyl groups excluding tert-OH is 2. The zero-order chi connectivity index (χ0) is 9.47. The summed E-state index contributed by atoms with van der Waals surface area (Å²) in [6, 6.07) is 0. The third-order valence-electron chi connectivity index (χ3n) is 3.06. The third-order valence-corrected chi connectivity index (χ3v) is 3.06. The van der Waals surface area contributed by atoms with Crippen molar-refractivity contribution in [1.29, 1.82) is 0 Å². The Bertz CT molecular complexity index is 196. The van der Waals surface area contributed by atoms with Crippen molar-refractivity contribution in [2.45, 2.75) is 43.7 Å². The molecule has 2 aliphatic rings. The van der Waals surface area contributed by atoms with Crippen molar-refractivity contribution >= 4 is 0 Å². The van der Waals surface area contributed by atoms with Crippen molar-refractivity contribution in [3.8, 4) is 0 Å². The number of rotatable bonds is 1. The van der Waals surface area contributed by atoms with Crippen LogP contribution >= 0.6 is 0 Å². The molecular formula is C9H16O4. The van der Waals surface area contributed by atoms with Gasteiger partial charge in [0.15, 0.2) is 0 Å². The lowest BCUT2D eigenvalue weighted by Crippen LogP contribution is -2.45. The van der Waals surface area contributed by atoms with Gasteiger partial charge in [-0.1, -0.05) is 0 Å². The van der Waals surface area contributed by atoms with Crippen molar-refractivity contribution in [3.63, 3.8) is 0 Å². The van der Waals surface area contributed by atoms with Crippen LogP contribution in [0.25, 0.3) is 0 Å². The third kappa shape index (κ3) is 1.29. The first kappa shape index (κ1) is 9.40. The van der Waals surface area contributed by atoms with Gasteiger partial charge in [0, 0.05) is 6.61 Å². The van der Waals surface area contributed by atoms with E-state index >= 15 is 0 Å². The van der Waals surface area contributed by atoms with E-state index in [0.717, 1.165) is 6.42 Å². The maximum atomic E-state index is 9.90. The Labute approximate surface area is 77.5 Å². The molecule has 0 spiro atoms. The Morgan fingerprint density at radius 1 is 1.54 bits per heavy atom. The van der Waals surface area contributed by atoms with Crippen LogP contribution in [0.15, 0.2) is 0 Å². The van der Waals surface area contributed by atoms with E-state index in [-0.39, 0.29) is 18.8 Å². The van der Waals surface area contributed by atoms with Gasteiger partial charge >= 0.3 is 0 Å². The van der Waals surface area contributed by atoms with Crippen LogP contribution in [0.5, 0.6) is 0 Å². The highest BCUT2D eigenvalue weighted by Crippen LogP contribution is 2.38. The van der Waals surface area contributed by atoms with Gasteiger partial charge in [-0.3, -0.25) is 0 Å². The monoisotopic (exact) mass is 188 g/mol. The molecule has 2 fully saturated rings. The van der Waals surface area contributed by atoms with Crippen LogP contribution in [0.4, 0.5) is 0 Å². The maximum absolute atomic E-state index is 9.90. The van der Waals surface area contributed by atoms with E-state index in [2.05, 4.69) is 0 Å². The summed E-state index contributed by atoms with van der Waals surface area (Å²) >= 11 is 0. The van der Waals surface area contributed by atoms with Gasteiger partial charge in [-0.15, -0.1) is 0 Å². The average Bonchev–Trinajstić information content (AvgIpc) is 2.26. The van der Waals surface area contributed by atoms with Crippen LogP contribution in [0.2, 0.25) is 0 Å². The smallest absolute Gasteiger partial charge is 0.120 e. The van der Waals surface area contributed by atoms with Crippen molar-refractivity contribution < 1.29 is 19.7 Å². The van der Waals surface area contributed by atoms with Gasteiger partial charge in [0.25, 0.3) is 0 Å². The van der Waals surface area contributed by atoms with Gasteiger partial charge in [-0.2, -0.15) is 0 Å². The molecule has 0 aromatic carbocycles. The summed E-state index contributed by atoms with van der Waals surface area (Å²) in [6.45, 7) is 2.40. The maximum Gasteiger partial charge on any atom is 0.120 e. The van der Waals surface area contributed by atoms with Crippen molar-refractivity contribution in [3.05, 3.63) is 0 Å². The van der Waals surface area contributed by atoms with E-state index in [4.69, 9.17) is 9.47 Å². The van der Waals surface area contributed by atoms with Crippen LogP contribution in [0.3, 0.4) is 0 Å². The molecule has 13 heavy (non-hydrogen) atoms. The first-order chi connectivity index (χ1) is 6.19. The van der Waals surface area contributed by atoms with E-state index in [9.17, 15) is 10.2 Å². The van der Waals surface area contributed by atoms with Gasteiger partial charge in [-0.25, -0.2) is 0 Å². The molecule has 0 saturated carbocycles. The average molecular weight is 188 g/mol. The number of hydrogen-bond donors (Lipinski definition) is 2. The second-order valence-corrected chi connectivity index (χ2v) is 3.93. The molecule has 2 rings (SSSR count). The molecule has 0 aromatic rings. The fourth-order valence-corrected chi connectivity index (χ4v) is 2.30. The minimum absolute atomic E-state index is 0.123. The Hall–Kier alpha value is -0.160. The molecule has 2 heterocycles. The molecule has 0 radical (unpaired) electrons. The molecule has 4 nitrogen and oxygen atoms in total. The van der Waals surface area contributed by atoms with Crippen LogP contribution in [-0.2, 0) is 9.47 Å². The quantitative estimate of drug-likeness (QED) is 0.592. The van der Waals surface area contributed by atoms with Gasteiger partial charge in [0.1, 0.15) is 17.8 Å². The number of ether oxygens (including phenoxy) is 2. The molecule has 0 aromatic heterocycles. The van der Waals surface area contributed by atoms with Crippen LogP contribution in [-0.4, -0.2) is 47.3 Å². The molecule has 2 N–H and O–H groups in total. The minimum Gasteiger partial charge on any atom is -0.393 e. The SMILES string of the molecule is C[C@@H]1O[C@@]2(CO)CCCO[C@H]1[C@@H]2O. The summed E-state index contributed by atoms with van der Waals surface area (Å²) in [5, 5.41) is 19.1. The lowest BCUT2D eigenvalue weighted by Gasteiger charge is -2.28. The van der Waals surface area contributed by atoms with Crippen molar-refractivity contribution in [2.75, 3.05) is 13.2 Å². The molecule has 76 valence electrons. The molecule has 0 unspecified atom stereocenters. The zero-order valence-electron chi connectivity index (χ0n) is 7.77. The lowest BCUT2D eigenvalue weighted by atomic mass is 9.92. The Kier molecular flexibility index (Phi) is 2.32. The minimum atomic E-state index is -0.763. The Morgan fingerprint density at radius 3 is 3.00 bits per heavy atom. The second-order valence-electron chi connectivity index (χ2n) is 3.93. The fourth-order valence-electron chi connectivity index (χ4n) is 2.30. The number of fused-ring (bicyclic) bond motifs is 2. The van der Waals surface area contributed by atoms with Crippen LogP contribution in [0.1, 0.15) is 19.8 Å². The molecule has 2 saturated heterocycles. The summed E-state index contributed by atoms with van der Waals surface area (Å²) in [5.41, 5.74) is -0.763. The molecule has 0 amide bonds. The van der Waals surface area contributed by atoms with E-state index in [1.165, 1.54) is 0 Å². The predicted molar refractivity (Wildman–Crippen MR) is 45.3 cm³/mol. The van der Waals surface area contributed by atoms with Gasteiger partial charge in [0.2, 0.25) is 0 Å². The summed E-state index contributed by atoms with van der Waals surface area (Å²) in [4.78, 5) is 0. The van der Waals surface area contributed by atoms with Crippen LogP contribution in [0, 0.1) is 0 Å². The van der Waals surface area contributed by atoms with Crippen molar-refractivity contribution in [1.82, 2.24) is 0 Å². The topological polar surface area (TPSA) is 58.9 Å². The van der Waals surface area contributed by atoms with Crippen LogP contribution < -0.4 is 0 Å². The summed E-state index contributed by atoms with van der Waals surface area (Å²) in [5.74, 6) is 0. The first-order valence-corrected chi connectivity index (χ1v) is 4.78. The molecule has 2 bridgehead atoms. The first-order valence-electron chi connectivity index (χ1n) is 4.78. The largest absolute Gasteiger partial charge is 0.393 e. The van der Waals surface area contributed by atoms with E-state index in [1.807, 2.05) is 6.92 Å². The predicted octanol–water partition coefficient (Wildman–Crippen LogP) is -0.324. The Morgan fingerprint density at radius 2 is 2.31 bits per heavy atom. The lowest BCUT2D eigenvalue weighted by molar-refractivity contribution is -0.114. The van der Waals surface area contributed by atoms with Gasteiger partial charge in [-0.05, 0) is 19.8 Å². The van der Waals surface area contributed by atoms with Gasteiger partial charge < -0.3 is 19.7 Å². The number of hydrogen-bond acceptors (Lipinski definition) is 4. The summed E-state index contributed by atoms with van der Waals surface area (Å²) < 4.78 is 11.0. The second kappa shape index (κ2) is 3.20. The highest BCUT2D eigenvalue weighted by atomic mass is 16.6. The normalized spacial score (nSPS) is 50.5. The highest BCUT2D eigenvalue weighted by Gasteiger charge is 2.54. The van der Waals surface area contributed by atoms with E-state index in [1.54, 1.807) is 0 Å². The standard InChI is InChI=1S/C9H16O4/c1-6-7-8(11)9(5-10,13-6)3-2-4-12-7/h6-8,10-11H,2-5H2,1H3/t6-,7+,8-,9+/m0/s1. The fraction of sp³-hybridized carbons (Fsp3) is 1.00. The highest BCUT2D eigenvalue weighted by molar-refractivity contribution is 5.02. The zero-order valence-corrected chi connectivity index (χ0v) is 7.77. The molecule has 4 atom stereocenters. The van der Waals surface area contributed by atoms with Gasteiger partial charge in [0.05, 0.1) is 12.7 Å².